The Balaban J connectivity index is 1.22. The minimum absolute atomic E-state index is 0.0904. The molecule has 0 unspecified atom stereocenters. The van der Waals surface area contributed by atoms with Gasteiger partial charge in [-0.15, -0.1) is 0 Å². The lowest BCUT2D eigenvalue weighted by Crippen LogP contribution is -2.39. The van der Waals surface area contributed by atoms with E-state index in [4.69, 9.17) is 19.4 Å². The van der Waals surface area contributed by atoms with Crippen molar-refractivity contribution in [2.24, 2.45) is 4.99 Å². The van der Waals surface area contributed by atoms with Crippen LogP contribution >= 0.6 is 0 Å². The van der Waals surface area contributed by atoms with Gasteiger partial charge in [0.2, 0.25) is 5.88 Å². The third-order valence-corrected chi connectivity index (χ3v) is 7.20. The van der Waals surface area contributed by atoms with E-state index in [-0.39, 0.29) is 17.9 Å². The SMILES string of the molecule is C=CC(=Nc1c(C)nc(CN2CCC(Oc3cccc(Cc4ccccc4)n3)CC2)n1C[C@@H]1CCO1)C(=O)O. The quantitative estimate of drug-likeness (QED) is 0.369. The van der Waals surface area contributed by atoms with Crippen LogP contribution in [-0.4, -0.2) is 68.1 Å². The molecule has 9 nitrogen and oxygen atoms in total. The van der Waals surface area contributed by atoms with Crippen molar-refractivity contribution in [3.8, 4) is 5.88 Å². The van der Waals surface area contributed by atoms with Crippen LogP contribution in [0.2, 0.25) is 0 Å². The van der Waals surface area contributed by atoms with Crippen molar-refractivity contribution in [3.05, 3.63) is 84.0 Å². The Bertz CT molecular complexity index is 1320. The lowest BCUT2D eigenvalue weighted by Gasteiger charge is -2.32. The lowest BCUT2D eigenvalue weighted by molar-refractivity contribution is -0.129. The van der Waals surface area contributed by atoms with Crippen molar-refractivity contribution in [1.82, 2.24) is 19.4 Å². The molecule has 5 rings (SSSR count). The number of piperidine rings is 1. The summed E-state index contributed by atoms with van der Waals surface area (Å²) < 4.78 is 14.0. The Morgan fingerprint density at radius 2 is 1.92 bits per heavy atom. The number of carboxylic acids is 1. The van der Waals surface area contributed by atoms with Gasteiger partial charge in [0.15, 0.2) is 5.82 Å². The van der Waals surface area contributed by atoms with Crippen molar-refractivity contribution in [2.75, 3.05) is 19.7 Å². The van der Waals surface area contributed by atoms with Crippen LogP contribution in [-0.2, 0) is 29.0 Å². The van der Waals surface area contributed by atoms with Crippen LogP contribution in [0.3, 0.4) is 0 Å². The Kier molecular flexibility index (Phi) is 8.48. The summed E-state index contributed by atoms with van der Waals surface area (Å²) in [5.41, 5.74) is 2.82. The van der Waals surface area contributed by atoms with Gasteiger partial charge >= 0.3 is 5.97 Å². The summed E-state index contributed by atoms with van der Waals surface area (Å²) in [6.07, 6.45) is 4.98. The number of carbonyl (C=O) groups is 1. The van der Waals surface area contributed by atoms with Crippen molar-refractivity contribution >= 4 is 17.5 Å². The van der Waals surface area contributed by atoms with Crippen LogP contribution in [0.4, 0.5) is 5.82 Å². The lowest BCUT2D eigenvalue weighted by atomic mass is 10.1. The van der Waals surface area contributed by atoms with Gasteiger partial charge in [0, 0.05) is 37.9 Å². The minimum atomic E-state index is -1.11. The number of aliphatic carboxylic acids is 1. The van der Waals surface area contributed by atoms with E-state index in [0.29, 0.717) is 30.5 Å². The van der Waals surface area contributed by atoms with Gasteiger partial charge < -0.3 is 19.1 Å². The fourth-order valence-electron chi connectivity index (χ4n) is 4.98. The van der Waals surface area contributed by atoms with Gasteiger partial charge in [-0.2, -0.15) is 0 Å². The molecule has 0 bridgehead atoms. The number of hydrogen-bond acceptors (Lipinski definition) is 7. The van der Waals surface area contributed by atoms with Crippen LogP contribution in [0, 0.1) is 6.92 Å². The first kappa shape index (κ1) is 26.8. The number of imidazole rings is 1. The summed E-state index contributed by atoms with van der Waals surface area (Å²) in [5.74, 6) is 0.982. The van der Waals surface area contributed by atoms with Gasteiger partial charge in [0.25, 0.3) is 0 Å². The zero-order valence-electron chi connectivity index (χ0n) is 22.3. The molecule has 2 aromatic heterocycles. The Hall–Kier alpha value is -3.82. The monoisotopic (exact) mass is 529 g/mol. The van der Waals surface area contributed by atoms with Crippen molar-refractivity contribution in [1.29, 1.82) is 0 Å². The molecule has 2 aliphatic rings. The van der Waals surface area contributed by atoms with Crippen LogP contribution in [0.1, 0.15) is 42.0 Å². The summed E-state index contributed by atoms with van der Waals surface area (Å²) in [5, 5.41) is 9.45. The van der Waals surface area contributed by atoms with Gasteiger partial charge in [-0.1, -0.05) is 43.0 Å². The molecule has 2 aliphatic heterocycles. The standard InChI is InChI=1S/C30H35N5O4/c1-3-26(30(36)37)33-29-21(2)31-27(35(29)19-25-14-17-38-25)20-34-15-12-24(13-16-34)39-28-11-7-10-23(32-28)18-22-8-5-4-6-9-22/h3-11,24-25H,1,12-20H2,2H3,(H,36,37)/t25-/m0/s1. The van der Waals surface area contributed by atoms with E-state index in [9.17, 15) is 9.90 Å². The highest BCUT2D eigenvalue weighted by molar-refractivity contribution is 6.40. The number of nitrogens with zero attached hydrogens (tertiary/aromatic N) is 5. The topological polar surface area (TPSA) is 102 Å². The number of ether oxygens (including phenoxy) is 2. The predicted molar refractivity (Wildman–Crippen MR) is 149 cm³/mol. The molecular formula is C30H35N5O4. The normalized spacial score (nSPS) is 18.5. The van der Waals surface area contributed by atoms with E-state index >= 15 is 0 Å². The second-order valence-electron chi connectivity index (χ2n) is 10.1. The minimum Gasteiger partial charge on any atom is -0.477 e. The molecular weight excluding hydrogens is 494 g/mol. The number of benzene rings is 1. The largest absolute Gasteiger partial charge is 0.477 e. The second-order valence-corrected chi connectivity index (χ2v) is 10.1. The van der Waals surface area contributed by atoms with Crippen LogP contribution in [0.15, 0.2) is 66.2 Å². The molecule has 2 saturated heterocycles. The van der Waals surface area contributed by atoms with E-state index in [1.165, 1.54) is 11.6 Å². The van der Waals surface area contributed by atoms with E-state index in [2.05, 4.69) is 28.6 Å². The molecule has 9 heteroatoms. The third kappa shape index (κ3) is 6.79. The molecule has 2 fully saturated rings. The molecule has 204 valence electrons. The Morgan fingerprint density at radius 3 is 2.59 bits per heavy atom. The number of likely N-dealkylation sites (tertiary alicyclic amines) is 1. The van der Waals surface area contributed by atoms with E-state index in [0.717, 1.165) is 56.9 Å². The highest BCUT2D eigenvalue weighted by Crippen LogP contribution is 2.27. The summed E-state index contributed by atoms with van der Waals surface area (Å²) in [6, 6.07) is 16.3. The third-order valence-electron chi connectivity index (χ3n) is 7.20. The van der Waals surface area contributed by atoms with E-state index in [1.807, 2.05) is 47.9 Å². The number of hydrogen-bond donors (Lipinski definition) is 1. The highest BCUT2D eigenvalue weighted by atomic mass is 16.5. The number of aryl methyl sites for hydroxylation is 1. The zero-order chi connectivity index (χ0) is 27.2. The smallest absolute Gasteiger partial charge is 0.354 e. The Labute approximate surface area is 228 Å². The first-order valence-electron chi connectivity index (χ1n) is 13.5. The molecule has 4 heterocycles. The van der Waals surface area contributed by atoms with Gasteiger partial charge in [-0.05, 0) is 43.9 Å². The van der Waals surface area contributed by atoms with Gasteiger partial charge in [0.1, 0.15) is 17.6 Å². The van der Waals surface area contributed by atoms with Gasteiger partial charge in [-0.25, -0.2) is 19.8 Å². The molecule has 0 amide bonds. The average molecular weight is 530 g/mol. The molecule has 1 aromatic carbocycles. The summed E-state index contributed by atoms with van der Waals surface area (Å²) in [6.45, 7) is 9.19. The maximum atomic E-state index is 11.6. The first-order valence-corrected chi connectivity index (χ1v) is 13.5. The molecule has 3 aromatic rings. The van der Waals surface area contributed by atoms with Crippen LogP contribution in [0.25, 0.3) is 0 Å². The molecule has 39 heavy (non-hydrogen) atoms. The van der Waals surface area contributed by atoms with Crippen molar-refractivity contribution in [2.45, 2.75) is 57.9 Å². The number of pyridine rings is 1. The van der Waals surface area contributed by atoms with E-state index in [1.54, 1.807) is 0 Å². The highest BCUT2D eigenvalue weighted by Gasteiger charge is 2.27. The fourth-order valence-corrected chi connectivity index (χ4v) is 4.98. The fraction of sp³-hybridized carbons (Fsp3) is 0.400. The maximum Gasteiger partial charge on any atom is 0.354 e. The average Bonchev–Trinajstić information content (AvgIpc) is 3.19. The summed E-state index contributed by atoms with van der Waals surface area (Å²) in [4.78, 5) is 27.8. The summed E-state index contributed by atoms with van der Waals surface area (Å²) in [7, 11) is 0. The first-order chi connectivity index (χ1) is 19.0. The van der Waals surface area contributed by atoms with Crippen molar-refractivity contribution < 1.29 is 19.4 Å². The van der Waals surface area contributed by atoms with Gasteiger partial charge in [0.05, 0.1) is 24.9 Å². The molecule has 0 saturated carbocycles. The number of rotatable bonds is 11. The Morgan fingerprint density at radius 1 is 1.15 bits per heavy atom. The van der Waals surface area contributed by atoms with Crippen LogP contribution in [0.5, 0.6) is 5.88 Å². The number of carboxylic acid groups (broad SMARTS) is 1. The van der Waals surface area contributed by atoms with E-state index < -0.39 is 5.97 Å². The summed E-state index contributed by atoms with van der Waals surface area (Å²) >= 11 is 0. The maximum absolute atomic E-state index is 11.6. The second kappa shape index (κ2) is 12.4. The molecule has 1 atom stereocenters. The molecule has 1 N–H and O–H groups in total. The van der Waals surface area contributed by atoms with Crippen LogP contribution < -0.4 is 4.74 Å². The van der Waals surface area contributed by atoms with Gasteiger partial charge in [-0.3, -0.25) is 4.90 Å². The zero-order valence-corrected chi connectivity index (χ0v) is 22.3. The van der Waals surface area contributed by atoms with Crippen molar-refractivity contribution in [3.63, 3.8) is 0 Å². The predicted octanol–water partition coefficient (Wildman–Crippen LogP) is 4.35. The molecule has 0 aliphatic carbocycles. The molecule has 0 spiro atoms. The number of aromatic nitrogens is 3. The molecule has 0 radical (unpaired) electrons. The number of aliphatic imine (C=N–C) groups is 1.